The number of aryl methyl sites for hydroxylation is 2. The van der Waals surface area contributed by atoms with Gasteiger partial charge in [0.15, 0.2) is 0 Å². The third-order valence-electron chi connectivity index (χ3n) is 9.23. The van der Waals surface area contributed by atoms with E-state index in [4.69, 9.17) is 16.3 Å². The predicted molar refractivity (Wildman–Crippen MR) is 189 cm³/mol. The van der Waals surface area contributed by atoms with Crippen LogP contribution in [0, 0.1) is 39.5 Å². The van der Waals surface area contributed by atoms with Crippen molar-refractivity contribution in [3.05, 3.63) is 122 Å². The highest BCUT2D eigenvalue weighted by Crippen LogP contribution is 2.49. The van der Waals surface area contributed by atoms with Gasteiger partial charge in [0, 0.05) is 44.3 Å². The Bertz CT molecular complexity index is 1860. The summed E-state index contributed by atoms with van der Waals surface area (Å²) in [5.41, 5.74) is 4.24. The number of nitrogens with one attached hydrogen (secondary N) is 2. The van der Waals surface area contributed by atoms with E-state index in [0.29, 0.717) is 32.2 Å². The van der Waals surface area contributed by atoms with Crippen LogP contribution in [-0.4, -0.2) is 28.3 Å². The molecule has 0 aliphatic heterocycles. The molecule has 4 aromatic rings. The summed E-state index contributed by atoms with van der Waals surface area (Å²) in [7, 11) is 0. The molecular weight excluding hydrogens is 680 g/mol. The summed E-state index contributed by atoms with van der Waals surface area (Å²) in [6.07, 6.45) is -0.386. The van der Waals surface area contributed by atoms with Crippen molar-refractivity contribution in [2.75, 3.05) is 10.6 Å². The molecule has 7 nitrogen and oxygen atoms in total. The third-order valence-corrected chi connectivity index (χ3v) is 10.1. The zero-order chi connectivity index (χ0) is 34.0. The molecule has 0 spiro atoms. The molecule has 0 saturated heterocycles. The molecule has 0 aromatic heterocycles. The summed E-state index contributed by atoms with van der Waals surface area (Å²) in [5, 5.41) is 18.4. The van der Waals surface area contributed by atoms with Crippen molar-refractivity contribution in [1.29, 1.82) is 0 Å². The van der Waals surface area contributed by atoms with Crippen molar-refractivity contribution >= 4 is 56.5 Å². The van der Waals surface area contributed by atoms with E-state index in [-0.39, 0.29) is 13.0 Å². The van der Waals surface area contributed by atoms with Crippen molar-refractivity contribution in [2.24, 2.45) is 11.8 Å². The molecule has 3 N–H and O–H groups in total. The van der Waals surface area contributed by atoms with Gasteiger partial charge in [0.1, 0.15) is 24.1 Å². The van der Waals surface area contributed by atoms with Crippen molar-refractivity contribution in [3.8, 4) is 5.75 Å². The van der Waals surface area contributed by atoms with Crippen LogP contribution in [0.5, 0.6) is 5.75 Å². The van der Waals surface area contributed by atoms with Gasteiger partial charge in [0.25, 0.3) is 0 Å². The molecule has 9 heteroatoms. The number of carbonyl (C=O) groups excluding carboxylic acids is 3. The molecule has 0 radical (unpaired) electrons. The number of benzene rings is 4. The van der Waals surface area contributed by atoms with E-state index >= 15 is 0 Å². The number of ketones is 1. The van der Waals surface area contributed by atoms with Gasteiger partial charge in [0.05, 0.1) is 11.5 Å². The highest BCUT2D eigenvalue weighted by Gasteiger charge is 2.56. The molecule has 5 rings (SSSR count). The van der Waals surface area contributed by atoms with Gasteiger partial charge in [-0.3, -0.25) is 14.4 Å². The van der Waals surface area contributed by atoms with Gasteiger partial charge in [-0.25, -0.2) is 0 Å². The fourth-order valence-corrected chi connectivity index (χ4v) is 6.91. The first-order valence-corrected chi connectivity index (χ1v) is 16.6. The van der Waals surface area contributed by atoms with Crippen LogP contribution < -0.4 is 15.4 Å². The second-order valence-electron chi connectivity index (χ2n) is 12.5. The van der Waals surface area contributed by atoms with Crippen molar-refractivity contribution < 1.29 is 24.2 Å². The average molecular weight is 718 g/mol. The van der Waals surface area contributed by atoms with Gasteiger partial charge in [-0.05, 0) is 93.3 Å². The van der Waals surface area contributed by atoms with E-state index in [0.717, 1.165) is 27.8 Å². The molecule has 2 amide bonds. The molecule has 4 aromatic carbocycles. The van der Waals surface area contributed by atoms with Crippen molar-refractivity contribution in [3.63, 3.8) is 0 Å². The molecular formula is C38H38BrClN2O5. The monoisotopic (exact) mass is 716 g/mol. The number of rotatable bonds is 8. The number of aliphatic hydroxyl groups is 1. The van der Waals surface area contributed by atoms with Crippen LogP contribution in [0.25, 0.3) is 0 Å². The minimum atomic E-state index is -1.79. The van der Waals surface area contributed by atoms with Crippen molar-refractivity contribution in [1.82, 2.24) is 0 Å². The zero-order valence-electron chi connectivity index (χ0n) is 27.0. The lowest BCUT2D eigenvalue weighted by molar-refractivity contribution is -0.150. The lowest BCUT2D eigenvalue weighted by Crippen LogP contribution is -2.56. The molecule has 4 unspecified atom stereocenters. The van der Waals surface area contributed by atoms with E-state index < -0.39 is 41.0 Å². The molecule has 0 bridgehead atoms. The topological polar surface area (TPSA) is 105 Å². The van der Waals surface area contributed by atoms with Gasteiger partial charge >= 0.3 is 0 Å². The minimum Gasteiger partial charge on any atom is -0.489 e. The molecule has 1 aliphatic rings. The standard InChI is InChI=1S/C38H38BrClN2O5/c1-21-10-8-14-29(23(21)3)41-36(44)34-31(43)19-38(5,46)35(37(45)42-30-15-9-11-22(2)24(30)4)33(34)27-18-26(39)16-17-32(27)47-20-25-12-6-7-13-28(25)40/h6-18,33-35,46H,19-20H2,1-5H3,(H,41,44)(H,42,45). The Kier molecular flexibility index (Phi) is 10.2. The van der Waals surface area contributed by atoms with Gasteiger partial charge in [-0.15, -0.1) is 0 Å². The van der Waals surface area contributed by atoms with Gasteiger partial charge in [-0.2, -0.15) is 0 Å². The van der Waals surface area contributed by atoms with Gasteiger partial charge < -0.3 is 20.5 Å². The first-order valence-electron chi connectivity index (χ1n) is 15.4. The maximum atomic E-state index is 14.4. The third kappa shape index (κ3) is 7.30. The fourth-order valence-electron chi connectivity index (χ4n) is 6.34. The Morgan fingerprint density at radius 3 is 2.11 bits per heavy atom. The maximum absolute atomic E-state index is 14.4. The molecule has 47 heavy (non-hydrogen) atoms. The minimum absolute atomic E-state index is 0.101. The SMILES string of the molecule is Cc1cccc(NC(=O)C2C(=O)CC(C)(O)C(C(=O)Nc3cccc(C)c3C)C2c2cc(Br)ccc2OCc2ccccc2Cl)c1C. The van der Waals surface area contributed by atoms with Crippen LogP contribution in [0.15, 0.2) is 83.3 Å². The summed E-state index contributed by atoms with van der Waals surface area (Å²) in [6, 6.07) is 23.7. The maximum Gasteiger partial charge on any atom is 0.235 e. The Hall–Kier alpha value is -3.98. The first kappa shape index (κ1) is 34.4. The number of carbonyl (C=O) groups is 3. The van der Waals surface area contributed by atoms with Crippen LogP contribution in [0.1, 0.15) is 52.6 Å². The normalized spacial score (nSPS) is 20.9. The summed E-state index contributed by atoms with van der Waals surface area (Å²) in [4.78, 5) is 42.7. The number of hydrogen-bond donors (Lipinski definition) is 3. The number of halogens is 2. The predicted octanol–water partition coefficient (Wildman–Crippen LogP) is 8.23. The summed E-state index contributed by atoms with van der Waals surface area (Å²) < 4.78 is 6.97. The fraction of sp³-hybridized carbons (Fsp3) is 0.289. The Labute approximate surface area is 288 Å². The van der Waals surface area contributed by atoms with Crippen molar-refractivity contribution in [2.45, 2.75) is 59.2 Å². The smallest absolute Gasteiger partial charge is 0.235 e. The van der Waals surface area contributed by atoms with Crippen LogP contribution in [0.4, 0.5) is 11.4 Å². The molecule has 1 saturated carbocycles. The summed E-state index contributed by atoms with van der Waals surface area (Å²) in [6.45, 7) is 9.26. The number of Topliss-reactive ketones (excluding diaryl/α,β-unsaturated/α-hetero) is 1. The van der Waals surface area contributed by atoms with E-state index in [1.807, 2.05) is 70.2 Å². The first-order chi connectivity index (χ1) is 22.3. The van der Waals surface area contributed by atoms with E-state index in [2.05, 4.69) is 26.6 Å². The summed E-state index contributed by atoms with van der Waals surface area (Å²) in [5.74, 6) is -4.82. The van der Waals surface area contributed by atoms with Gasteiger partial charge in [-0.1, -0.05) is 70.0 Å². The van der Waals surface area contributed by atoms with Crippen LogP contribution in [0.3, 0.4) is 0 Å². The van der Waals surface area contributed by atoms with Crippen LogP contribution in [-0.2, 0) is 21.0 Å². The zero-order valence-corrected chi connectivity index (χ0v) is 29.3. The van der Waals surface area contributed by atoms with E-state index in [1.54, 1.807) is 36.4 Å². The Morgan fingerprint density at radius 1 is 0.894 bits per heavy atom. The second-order valence-corrected chi connectivity index (χ2v) is 13.8. The molecule has 0 heterocycles. The number of amides is 2. The Morgan fingerprint density at radius 2 is 1.49 bits per heavy atom. The lowest BCUT2D eigenvalue weighted by Gasteiger charge is -2.45. The Balaban J connectivity index is 1.64. The number of anilines is 2. The average Bonchev–Trinajstić information content (AvgIpc) is 3.00. The second kappa shape index (κ2) is 14.0. The van der Waals surface area contributed by atoms with E-state index in [1.165, 1.54) is 6.92 Å². The molecule has 244 valence electrons. The summed E-state index contributed by atoms with van der Waals surface area (Å²) >= 11 is 9.97. The quantitative estimate of drug-likeness (QED) is 0.159. The molecule has 1 fully saturated rings. The highest BCUT2D eigenvalue weighted by molar-refractivity contribution is 9.10. The van der Waals surface area contributed by atoms with Crippen LogP contribution >= 0.6 is 27.5 Å². The molecule has 1 aliphatic carbocycles. The van der Waals surface area contributed by atoms with Crippen LogP contribution in [0.2, 0.25) is 5.02 Å². The largest absolute Gasteiger partial charge is 0.489 e. The van der Waals surface area contributed by atoms with E-state index in [9.17, 15) is 19.5 Å². The number of ether oxygens (including phenoxy) is 1. The highest BCUT2D eigenvalue weighted by atomic mass is 79.9. The lowest BCUT2D eigenvalue weighted by atomic mass is 9.61. The van der Waals surface area contributed by atoms with Gasteiger partial charge in [0.2, 0.25) is 11.8 Å². The number of hydrogen-bond acceptors (Lipinski definition) is 5. The molecule has 4 atom stereocenters.